The van der Waals surface area contributed by atoms with Gasteiger partial charge in [-0.05, 0) is 30.3 Å². The SMILES string of the molecule is N#Cc1cccc2nc(-c3c[nH]c4ccccc34)ccc12. The first-order chi connectivity index (χ1) is 10.4. The van der Waals surface area contributed by atoms with Crippen molar-refractivity contribution in [2.45, 2.75) is 0 Å². The van der Waals surface area contributed by atoms with Crippen molar-refractivity contribution in [3.8, 4) is 17.3 Å². The predicted molar refractivity (Wildman–Crippen MR) is 83.8 cm³/mol. The van der Waals surface area contributed by atoms with Crippen LogP contribution in [0, 0.1) is 11.3 Å². The highest BCUT2D eigenvalue weighted by Crippen LogP contribution is 2.29. The van der Waals surface area contributed by atoms with Crippen LogP contribution in [0.15, 0.2) is 60.8 Å². The number of fused-ring (bicyclic) bond motifs is 2. The molecule has 4 rings (SSSR count). The van der Waals surface area contributed by atoms with E-state index in [1.165, 1.54) is 0 Å². The largest absolute Gasteiger partial charge is 0.360 e. The minimum absolute atomic E-state index is 0.658. The number of nitrogens with zero attached hydrogens (tertiary/aromatic N) is 2. The Hall–Kier alpha value is -3.12. The zero-order valence-corrected chi connectivity index (χ0v) is 11.2. The fraction of sp³-hybridized carbons (Fsp3) is 0. The number of aromatic nitrogens is 2. The molecule has 0 atom stereocenters. The van der Waals surface area contributed by atoms with Crippen LogP contribution in [-0.4, -0.2) is 9.97 Å². The van der Waals surface area contributed by atoms with Crippen LogP contribution in [0.2, 0.25) is 0 Å². The molecule has 98 valence electrons. The van der Waals surface area contributed by atoms with Crippen LogP contribution < -0.4 is 0 Å². The maximum absolute atomic E-state index is 9.15. The lowest BCUT2D eigenvalue weighted by Crippen LogP contribution is -1.86. The van der Waals surface area contributed by atoms with E-state index in [0.717, 1.165) is 33.1 Å². The first-order valence-electron chi connectivity index (χ1n) is 6.73. The molecule has 0 saturated carbocycles. The van der Waals surface area contributed by atoms with Crippen LogP contribution in [0.25, 0.3) is 33.1 Å². The second-order valence-electron chi connectivity index (χ2n) is 4.93. The van der Waals surface area contributed by atoms with E-state index in [4.69, 9.17) is 10.2 Å². The summed E-state index contributed by atoms with van der Waals surface area (Å²) in [5.74, 6) is 0. The van der Waals surface area contributed by atoms with Gasteiger partial charge < -0.3 is 4.98 Å². The van der Waals surface area contributed by atoms with Crippen molar-refractivity contribution in [2.24, 2.45) is 0 Å². The third kappa shape index (κ3) is 1.78. The summed E-state index contributed by atoms with van der Waals surface area (Å²) in [6.07, 6.45) is 1.98. The highest BCUT2D eigenvalue weighted by atomic mass is 14.7. The molecule has 21 heavy (non-hydrogen) atoms. The number of benzene rings is 2. The van der Waals surface area contributed by atoms with Gasteiger partial charge in [0.05, 0.1) is 22.8 Å². The molecule has 2 heterocycles. The van der Waals surface area contributed by atoms with Gasteiger partial charge in [-0.3, -0.25) is 0 Å². The van der Waals surface area contributed by atoms with Crippen molar-refractivity contribution in [1.29, 1.82) is 5.26 Å². The molecule has 0 aliphatic heterocycles. The summed E-state index contributed by atoms with van der Waals surface area (Å²) in [6.45, 7) is 0. The number of H-pyrrole nitrogens is 1. The van der Waals surface area contributed by atoms with Gasteiger partial charge in [0.15, 0.2) is 0 Å². The van der Waals surface area contributed by atoms with E-state index >= 15 is 0 Å². The number of hydrogen-bond donors (Lipinski definition) is 1. The topological polar surface area (TPSA) is 52.5 Å². The van der Waals surface area contributed by atoms with Gasteiger partial charge in [0.2, 0.25) is 0 Å². The molecule has 0 fully saturated rings. The molecule has 0 spiro atoms. The number of aromatic amines is 1. The minimum atomic E-state index is 0.658. The second kappa shape index (κ2) is 4.46. The minimum Gasteiger partial charge on any atom is -0.360 e. The quantitative estimate of drug-likeness (QED) is 0.561. The number of para-hydroxylation sites is 1. The fourth-order valence-corrected chi connectivity index (χ4v) is 2.69. The van der Waals surface area contributed by atoms with Crippen LogP contribution in [0.4, 0.5) is 0 Å². The zero-order valence-electron chi connectivity index (χ0n) is 11.2. The van der Waals surface area contributed by atoms with Gasteiger partial charge in [-0.25, -0.2) is 4.98 Å². The van der Waals surface area contributed by atoms with Gasteiger partial charge >= 0.3 is 0 Å². The summed E-state index contributed by atoms with van der Waals surface area (Å²) in [7, 11) is 0. The molecule has 4 aromatic rings. The van der Waals surface area contributed by atoms with Gasteiger partial charge in [0, 0.05) is 28.0 Å². The van der Waals surface area contributed by atoms with Crippen molar-refractivity contribution in [3.05, 3.63) is 66.4 Å². The smallest absolute Gasteiger partial charge is 0.0998 e. The summed E-state index contributed by atoms with van der Waals surface area (Å²) < 4.78 is 0. The summed E-state index contributed by atoms with van der Waals surface area (Å²) >= 11 is 0. The first kappa shape index (κ1) is 11.7. The Kier molecular flexibility index (Phi) is 2.48. The molecular formula is C18H11N3. The van der Waals surface area contributed by atoms with Gasteiger partial charge in [0.1, 0.15) is 0 Å². The van der Waals surface area contributed by atoms with Gasteiger partial charge in [-0.15, -0.1) is 0 Å². The number of hydrogen-bond acceptors (Lipinski definition) is 2. The molecule has 0 aliphatic rings. The Balaban J connectivity index is 1.98. The molecule has 0 amide bonds. The maximum atomic E-state index is 9.15. The lowest BCUT2D eigenvalue weighted by Gasteiger charge is -2.03. The number of nitriles is 1. The second-order valence-corrected chi connectivity index (χ2v) is 4.93. The molecule has 0 radical (unpaired) electrons. The average Bonchev–Trinajstić information content (AvgIpc) is 2.97. The molecule has 0 aliphatic carbocycles. The van der Waals surface area contributed by atoms with E-state index in [1.54, 1.807) is 0 Å². The van der Waals surface area contributed by atoms with E-state index in [9.17, 15) is 0 Å². The summed E-state index contributed by atoms with van der Waals surface area (Å²) in [5, 5.41) is 11.2. The average molecular weight is 269 g/mol. The summed E-state index contributed by atoms with van der Waals surface area (Å²) in [4.78, 5) is 7.97. The highest BCUT2D eigenvalue weighted by molar-refractivity contribution is 5.96. The third-order valence-corrected chi connectivity index (χ3v) is 3.72. The molecule has 3 heteroatoms. The molecule has 3 nitrogen and oxygen atoms in total. The first-order valence-corrected chi connectivity index (χ1v) is 6.73. The van der Waals surface area contributed by atoms with E-state index in [0.29, 0.717) is 5.56 Å². The Labute approximate surface area is 121 Å². The zero-order chi connectivity index (χ0) is 14.2. The van der Waals surface area contributed by atoms with Crippen LogP contribution in [0.1, 0.15) is 5.56 Å². The van der Waals surface area contributed by atoms with Gasteiger partial charge in [-0.1, -0.05) is 24.3 Å². The van der Waals surface area contributed by atoms with Crippen LogP contribution in [0.3, 0.4) is 0 Å². The number of nitrogens with one attached hydrogen (secondary N) is 1. The molecule has 0 bridgehead atoms. The van der Waals surface area contributed by atoms with Crippen LogP contribution in [-0.2, 0) is 0 Å². The maximum Gasteiger partial charge on any atom is 0.0998 e. The van der Waals surface area contributed by atoms with Crippen molar-refractivity contribution in [3.63, 3.8) is 0 Å². The van der Waals surface area contributed by atoms with Gasteiger partial charge in [-0.2, -0.15) is 5.26 Å². The highest BCUT2D eigenvalue weighted by Gasteiger charge is 2.08. The molecule has 2 aromatic carbocycles. The van der Waals surface area contributed by atoms with Crippen molar-refractivity contribution in [2.75, 3.05) is 0 Å². The Morgan fingerprint density at radius 3 is 2.71 bits per heavy atom. The molecule has 1 N–H and O–H groups in total. The Morgan fingerprint density at radius 1 is 0.905 bits per heavy atom. The van der Waals surface area contributed by atoms with Gasteiger partial charge in [0.25, 0.3) is 0 Å². The lowest BCUT2D eigenvalue weighted by atomic mass is 10.1. The van der Waals surface area contributed by atoms with Crippen molar-refractivity contribution in [1.82, 2.24) is 9.97 Å². The third-order valence-electron chi connectivity index (χ3n) is 3.72. The fourth-order valence-electron chi connectivity index (χ4n) is 2.69. The normalized spacial score (nSPS) is 10.8. The molecule has 0 unspecified atom stereocenters. The monoisotopic (exact) mass is 269 g/mol. The van der Waals surface area contributed by atoms with Crippen LogP contribution in [0.5, 0.6) is 0 Å². The Bertz CT molecular complexity index is 1010. The van der Waals surface area contributed by atoms with E-state index in [-0.39, 0.29) is 0 Å². The van der Waals surface area contributed by atoms with Crippen molar-refractivity contribution < 1.29 is 0 Å². The van der Waals surface area contributed by atoms with Crippen LogP contribution >= 0.6 is 0 Å². The van der Waals surface area contributed by atoms with E-state index in [1.807, 2.05) is 54.7 Å². The van der Waals surface area contributed by atoms with E-state index < -0.39 is 0 Å². The number of pyridine rings is 1. The summed E-state index contributed by atoms with van der Waals surface area (Å²) in [6, 6.07) is 19.9. The molecular weight excluding hydrogens is 258 g/mol. The lowest BCUT2D eigenvalue weighted by molar-refractivity contribution is 1.39. The number of rotatable bonds is 1. The van der Waals surface area contributed by atoms with Crippen molar-refractivity contribution >= 4 is 21.8 Å². The standard InChI is InChI=1S/C18H11N3/c19-10-12-4-3-7-17-13(12)8-9-18(21-17)15-11-20-16-6-2-1-5-14(15)16/h1-9,11,20H. The predicted octanol–water partition coefficient (Wildman–Crippen LogP) is 4.25. The summed E-state index contributed by atoms with van der Waals surface area (Å²) in [5.41, 5.74) is 4.59. The Morgan fingerprint density at radius 2 is 1.81 bits per heavy atom. The van der Waals surface area contributed by atoms with E-state index in [2.05, 4.69) is 17.1 Å². The molecule has 2 aromatic heterocycles. The molecule has 0 saturated heterocycles.